The minimum atomic E-state index is -4.83. The fraction of sp³-hybridized carbons (Fsp3) is 0.294. The molecular weight excluding hydrogens is 412 g/mol. The molecule has 0 saturated heterocycles. The summed E-state index contributed by atoms with van der Waals surface area (Å²) >= 11 is 0. The van der Waals surface area contributed by atoms with Gasteiger partial charge in [0.25, 0.3) is 10.1 Å². The van der Waals surface area contributed by atoms with Crippen LogP contribution in [0.2, 0.25) is 0 Å². The Kier molecular flexibility index (Phi) is 7.26. The van der Waals surface area contributed by atoms with Crippen molar-refractivity contribution >= 4 is 10.1 Å². The van der Waals surface area contributed by atoms with Gasteiger partial charge in [-0.3, -0.25) is 4.55 Å². The summed E-state index contributed by atoms with van der Waals surface area (Å²) in [4.78, 5) is -0.0666. The lowest BCUT2D eigenvalue weighted by molar-refractivity contribution is -0.143. The van der Waals surface area contributed by atoms with E-state index in [1.807, 2.05) is 6.92 Å². The maximum absolute atomic E-state index is 12.4. The molecule has 2 aromatic carbocycles. The smallest absolute Gasteiger partial charge is 0.324 e. The summed E-state index contributed by atoms with van der Waals surface area (Å²) in [6.45, 7) is 3.16. The average molecular weight is 429 g/mol. The molecule has 0 aromatic heterocycles. The van der Waals surface area contributed by atoms with Crippen molar-refractivity contribution in [1.82, 2.24) is 0 Å². The van der Waals surface area contributed by atoms with Crippen LogP contribution in [0.1, 0.15) is 35.2 Å². The molecule has 0 aliphatic carbocycles. The van der Waals surface area contributed by atoms with Crippen LogP contribution in [0, 0.1) is 6.92 Å². The molecule has 0 aliphatic rings. The molecule has 2 aromatic rings. The lowest BCUT2D eigenvalue weighted by Gasteiger charge is -2.15. The van der Waals surface area contributed by atoms with Crippen LogP contribution in [-0.4, -0.2) is 13.0 Å². The first kappa shape index (κ1) is 23.9. The number of nitrogens with two attached hydrogens (primary N) is 1. The zero-order chi connectivity index (χ0) is 21.9. The predicted molar refractivity (Wildman–Crippen MR) is 90.0 cm³/mol. The van der Waals surface area contributed by atoms with E-state index in [0.717, 1.165) is 5.56 Å². The summed E-state index contributed by atoms with van der Waals surface area (Å²) in [7, 11) is -4.02. The van der Waals surface area contributed by atoms with Gasteiger partial charge < -0.3 is 5.73 Å². The van der Waals surface area contributed by atoms with Crippen LogP contribution in [0.15, 0.2) is 47.4 Å². The van der Waals surface area contributed by atoms with Crippen LogP contribution in [-0.2, 0) is 22.5 Å². The molecule has 156 valence electrons. The maximum atomic E-state index is 12.4. The molecule has 11 heteroatoms. The quantitative estimate of drug-likeness (QED) is 0.521. The van der Waals surface area contributed by atoms with E-state index in [2.05, 4.69) is 0 Å². The second-order valence-electron chi connectivity index (χ2n) is 5.92. The molecule has 0 bridgehead atoms. The summed E-state index contributed by atoms with van der Waals surface area (Å²) in [5.41, 5.74) is 3.36. The van der Waals surface area contributed by atoms with Gasteiger partial charge in [-0.25, -0.2) is 0 Å². The van der Waals surface area contributed by atoms with E-state index in [0.29, 0.717) is 12.1 Å². The fourth-order valence-electron chi connectivity index (χ4n) is 1.95. The minimum absolute atomic E-state index is 0.0666. The second kappa shape index (κ2) is 8.50. The van der Waals surface area contributed by atoms with Gasteiger partial charge in [-0.2, -0.15) is 34.8 Å². The Hall–Kier alpha value is -2.11. The molecule has 28 heavy (non-hydrogen) atoms. The summed E-state index contributed by atoms with van der Waals surface area (Å²) < 4.78 is 104. The third-order valence-corrected chi connectivity index (χ3v) is 4.32. The summed E-state index contributed by atoms with van der Waals surface area (Å²) in [5, 5.41) is 0. The van der Waals surface area contributed by atoms with E-state index >= 15 is 0 Å². The van der Waals surface area contributed by atoms with Gasteiger partial charge in [-0.15, -0.1) is 0 Å². The van der Waals surface area contributed by atoms with E-state index in [4.69, 9.17) is 10.3 Å². The van der Waals surface area contributed by atoms with Crippen molar-refractivity contribution in [2.75, 3.05) is 0 Å². The van der Waals surface area contributed by atoms with E-state index in [-0.39, 0.29) is 16.5 Å². The molecule has 0 saturated carbocycles. The fourth-order valence-corrected chi connectivity index (χ4v) is 2.43. The molecule has 2 rings (SSSR count). The predicted octanol–water partition coefficient (Wildman–Crippen LogP) is 4.99. The molecule has 4 nitrogen and oxygen atoms in total. The van der Waals surface area contributed by atoms with Crippen LogP contribution in [0.25, 0.3) is 0 Å². The maximum Gasteiger partial charge on any atom is 0.416 e. The Morgan fingerprint density at radius 3 is 1.57 bits per heavy atom. The molecular formula is C17H17F6NO3S. The van der Waals surface area contributed by atoms with Gasteiger partial charge in [0, 0.05) is 6.04 Å². The summed E-state index contributed by atoms with van der Waals surface area (Å²) in [5.74, 6) is 0. The third kappa shape index (κ3) is 7.13. The molecule has 0 spiro atoms. The molecule has 0 fully saturated rings. The van der Waals surface area contributed by atoms with Gasteiger partial charge in [-0.1, -0.05) is 17.7 Å². The zero-order valence-corrected chi connectivity index (χ0v) is 15.5. The summed E-state index contributed by atoms with van der Waals surface area (Å²) in [6, 6.07) is 6.41. The van der Waals surface area contributed by atoms with Gasteiger partial charge in [0.2, 0.25) is 0 Å². The van der Waals surface area contributed by atoms with Crippen molar-refractivity contribution < 1.29 is 39.3 Å². The van der Waals surface area contributed by atoms with Crippen LogP contribution in [0.3, 0.4) is 0 Å². The molecule has 3 N–H and O–H groups in total. The standard InChI is InChI=1S/C10H9F6N.C7H8O3S/c1-5(17)6-2-7(9(11,12)13)4-8(3-6)10(14,15)16;1-6-2-4-7(5-3-6)11(8,9)10/h2-5H,17H2,1H3;2-5H,1H3,(H,8,9,10)/t5-;/m0./s1. The Labute approximate surface area is 157 Å². The topological polar surface area (TPSA) is 80.4 Å². The van der Waals surface area contributed by atoms with E-state index in [1.165, 1.54) is 19.1 Å². The molecule has 0 aliphatic heterocycles. The average Bonchev–Trinajstić information content (AvgIpc) is 2.53. The number of benzene rings is 2. The van der Waals surface area contributed by atoms with Crippen LogP contribution < -0.4 is 5.73 Å². The van der Waals surface area contributed by atoms with Gasteiger partial charge in [0.05, 0.1) is 16.0 Å². The Morgan fingerprint density at radius 1 is 0.893 bits per heavy atom. The molecule has 0 unspecified atom stereocenters. The first-order chi connectivity index (χ1) is 12.5. The molecule has 0 radical (unpaired) electrons. The first-order valence-electron chi connectivity index (χ1n) is 7.61. The first-order valence-corrected chi connectivity index (χ1v) is 9.05. The number of alkyl halides is 6. The Bertz CT molecular complexity index is 872. The number of halogens is 6. The van der Waals surface area contributed by atoms with Gasteiger partial charge in [0.15, 0.2) is 0 Å². The van der Waals surface area contributed by atoms with Gasteiger partial charge in [0.1, 0.15) is 0 Å². The van der Waals surface area contributed by atoms with Gasteiger partial charge >= 0.3 is 12.4 Å². The lowest BCUT2D eigenvalue weighted by atomic mass is 10.0. The SMILES string of the molecule is C[C@H](N)c1cc(C(F)(F)F)cc(C(F)(F)F)c1.Cc1ccc(S(=O)(=O)O)cc1. The highest BCUT2D eigenvalue weighted by atomic mass is 32.2. The third-order valence-electron chi connectivity index (χ3n) is 3.45. The molecule has 0 amide bonds. The van der Waals surface area contributed by atoms with Crippen molar-refractivity contribution in [3.8, 4) is 0 Å². The highest BCUT2D eigenvalue weighted by molar-refractivity contribution is 7.85. The van der Waals surface area contributed by atoms with Crippen molar-refractivity contribution in [2.24, 2.45) is 5.73 Å². The van der Waals surface area contributed by atoms with Crippen LogP contribution in [0.4, 0.5) is 26.3 Å². The van der Waals surface area contributed by atoms with E-state index in [9.17, 15) is 34.8 Å². The molecule has 0 heterocycles. The number of rotatable bonds is 2. The Morgan fingerprint density at radius 2 is 1.29 bits per heavy atom. The number of hydrogen-bond donors (Lipinski definition) is 2. The molecule has 1 atom stereocenters. The highest BCUT2D eigenvalue weighted by Crippen LogP contribution is 2.37. The summed E-state index contributed by atoms with van der Waals surface area (Å²) in [6.07, 6.45) is -9.66. The van der Waals surface area contributed by atoms with Crippen molar-refractivity contribution in [2.45, 2.75) is 37.1 Å². The monoisotopic (exact) mass is 429 g/mol. The van der Waals surface area contributed by atoms with Crippen LogP contribution in [0.5, 0.6) is 0 Å². The van der Waals surface area contributed by atoms with Crippen molar-refractivity contribution in [3.05, 3.63) is 64.7 Å². The van der Waals surface area contributed by atoms with Crippen molar-refractivity contribution in [1.29, 1.82) is 0 Å². The highest BCUT2D eigenvalue weighted by Gasteiger charge is 2.37. The van der Waals surface area contributed by atoms with Crippen molar-refractivity contribution in [3.63, 3.8) is 0 Å². The van der Waals surface area contributed by atoms with E-state index in [1.54, 1.807) is 12.1 Å². The number of aryl methyl sites for hydroxylation is 1. The Balaban J connectivity index is 0.000000307. The largest absolute Gasteiger partial charge is 0.416 e. The second-order valence-corrected chi connectivity index (χ2v) is 7.34. The normalized spacial score (nSPS) is 13.5. The zero-order valence-electron chi connectivity index (χ0n) is 14.6. The number of hydrogen-bond acceptors (Lipinski definition) is 3. The minimum Gasteiger partial charge on any atom is -0.324 e. The van der Waals surface area contributed by atoms with E-state index < -0.39 is 39.6 Å². The van der Waals surface area contributed by atoms with Gasteiger partial charge in [-0.05, 0) is 49.7 Å². The lowest BCUT2D eigenvalue weighted by Crippen LogP contribution is -2.14. The van der Waals surface area contributed by atoms with Crippen LogP contribution >= 0.6 is 0 Å².